The molecule has 0 bridgehead atoms. The average molecular weight is 329 g/mol. The number of hydrogen-bond acceptors (Lipinski definition) is 3. The molecule has 1 atom stereocenters. The maximum Gasteiger partial charge on any atom is 0.225 e. The van der Waals surface area contributed by atoms with Gasteiger partial charge >= 0.3 is 0 Å². The van der Waals surface area contributed by atoms with Gasteiger partial charge in [-0.1, -0.05) is 22.0 Å². The summed E-state index contributed by atoms with van der Waals surface area (Å²) in [6, 6.07) is 6.14. The lowest BCUT2D eigenvalue weighted by molar-refractivity contribution is -0.129. The van der Waals surface area contributed by atoms with E-state index in [4.69, 9.17) is 4.74 Å². The molecule has 1 amide bonds. The van der Waals surface area contributed by atoms with Crippen molar-refractivity contribution in [2.45, 2.75) is 19.4 Å². The number of nitrogens with zero attached hydrogens (tertiary/aromatic N) is 1. The van der Waals surface area contributed by atoms with E-state index in [1.807, 2.05) is 25.2 Å². The molecule has 0 aliphatic rings. The molecule has 1 aromatic rings. The van der Waals surface area contributed by atoms with Crippen molar-refractivity contribution in [3.8, 4) is 5.75 Å². The van der Waals surface area contributed by atoms with Crippen LogP contribution in [-0.4, -0.2) is 38.6 Å². The van der Waals surface area contributed by atoms with Crippen LogP contribution in [0.2, 0.25) is 0 Å². The molecule has 1 N–H and O–H groups in total. The maximum absolute atomic E-state index is 11.5. The van der Waals surface area contributed by atoms with E-state index in [2.05, 4.69) is 28.2 Å². The van der Waals surface area contributed by atoms with Crippen molar-refractivity contribution in [1.82, 2.24) is 10.2 Å². The second kappa shape index (κ2) is 7.50. The van der Waals surface area contributed by atoms with Crippen LogP contribution in [0.1, 0.15) is 24.9 Å². The van der Waals surface area contributed by atoms with E-state index < -0.39 is 0 Å². The molecule has 0 aliphatic carbocycles. The molecular weight excluding hydrogens is 308 g/mol. The predicted molar refractivity (Wildman–Crippen MR) is 80.4 cm³/mol. The van der Waals surface area contributed by atoms with E-state index in [1.165, 1.54) is 0 Å². The molecule has 0 fully saturated rings. The van der Waals surface area contributed by atoms with Crippen LogP contribution in [0.15, 0.2) is 22.7 Å². The number of nitrogens with one attached hydrogen (secondary N) is 1. The highest BCUT2D eigenvalue weighted by Gasteiger charge is 2.11. The Kier molecular flexibility index (Phi) is 6.31. The lowest BCUT2D eigenvalue weighted by atomic mass is 10.1. The molecule has 106 valence electrons. The minimum Gasteiger partial charge on any atom is -0.493 e. The zero-order chi connectivity index (χ0) is 14.4. The Labute approximate surface area is 123 Å². The summed E-state index contributed by atoms with van der Waals surface area (Å²) in [5, 5.41) is 3.19. The van der Waals surface area contributed by atoms with Crippen LogP contribution >= 0.6 is 15.9 Å². The smallest absolute Gasteiger partial charge is 0.225 e. The van der Waals surface area contributed by atoms with E-state index >= 15 is 0 Å². The highest BCUT2D eigenvalue weighted by Crippen LogP contribution is 2.28. The highest BCUT2D eigenvalue weighted by atomic mass is 79.9. The number of ether oxygens (including phenoxy) is 1. The summed E-state index contributed by atoms with van der Waals surface area (Å²) >= 11 is 3.44. The Hall–Kier alpha value is -1.07. The van der Waals surface area contributed by atoms with E-state index in [-0.39, 0.29) is 11.9 Å². The van der Waals surface area contributed by atoms with Crippen molar-refractivity contribution in [2.24, 2.45) is 0 Å². The number of amides is 1. The topological polar surface area (TPSA) is 41.6 Å². The molecule has 5 heteroatoms. The zero-order valence-electron chi connectivity index (χ0n) is 11.9. The van der Waals surface area contributed by atoms with Gasteiger partial charge in [0.25, 0.3) is 0 Å². The first-order valence-corrected chi connectivity index (χ1v) is 7.04. The molecule has 0 heterocycles. The fourth-order valence-electron chi connectivity index (χ4n) is 1.62. The van der Waals surface area contributed by atoms with Gasteiger partial charge in [0.05, 0.1) is 13.0 Å². The predicted octanol–water partition coefficient (Wildman–Crippen LogP) is 2.59. The molecule has 0 saturated carbocycles. The second-order valence-corrected chi connectivity index (χ2v) is 5.49. The van der Waals surface area contributed by atoms with Crippen molar-refractivity contribution in [3.63, 3.8) is 0 Å². The van der Waals surface area contributed by atoms with Crippen molar-refractivity contribution in [3.05, 3.63) is 28.2 Å². The minimum absolute atomic E-state index is 0.0678. The maximum atomic E-state index is 11.5. The molecule has 0 spiro atoms. The van der Waals surface area contributed by atoms with Crippen LogP contribution in [0.3, 0.4) is 0 Å². The molecule has 1 rings (SSSR count). The number of carbonyl (C=O) groups excluding carboxylic acids is 1. The molecule has 19 heavy (non-hydrogen) atoms. The molecule has 0 aromatic heterocycles. The van der Waals surface area contributed by atoms with Crippen molar-refractivity contribution in [1.29, 1.82) is 0 Å². The summed E-state index contributed by atoms with van der Waals surface area (Å²) in [6.07, 6.45) is 0.382. The van der Waals surface area contributed by atoms with E-state index in [1.54, 1.807) is 19.0 Å². The Morgan fingerprint density at radius 3 is 2.74 bits per heavy atom. The van der Waals surface area contributed by atoms with Crippen molar-refractivity contribution in [2.75, 3.05) is 27.7 Å². The number of benzene rings is 1. The van der Waals surface area contributed by atoms with Gasteiger partial charge in [0, 0.05) is 30.2 Å². The first kappa shape index (κ1) is 16.0. The summed E-state index contributed by atoms with van der Waals surface area (Å²) in [5.74, 6) is 0.876. The number of rotatable bonds is 6. The summed E-state index contributed by atoms with van der Waals surface area (Å²) < 4.78 is 6.71. The zero-order valence-corrected chi connectivity index (χ0v) is 13.5. The quantitative estimate of drug-likeness (QED) is 0.872. The van der Waals surface area contributed by atoms with Gasteiger partial charge in [-0.3, -0.25) is 4.79 Å². The van der Waals surface area contributed by atoms with Gasteiger partial charge in [0.1, 0.15) is 5.75 Å². The van der Waals surface area contributed by atoms with Gasteiger partial charge in [-0.15, -0.1) is 0 Å². The Morgan fingerprint density at radius 1 is 1.47 bits per heavy atom. The third kappa shape index (κ3) is 4.84. The summed E-state index contributed by atoms with van der Waals surface area (Å²) in [5.41, 5.74) is 1.09. The van der Waals surface area contributed by atoms with Crippen molar-refractivity contribution >= 4 is 21.8 Å². The van der Waals surface area contributed by atoms with Gasteiger partial charge in [0.2, 0.25) is 5.91 Å². The third-order valence-corrected chi connectivity index (χ3v) is 3.44. The molecule has 0 saturated heterocycles. The van der Waals surface area contributed by atoms with E-state index in [0.717, 1.165) is 15.8 Å². The van der Waals surface area contributed by atoms with Gasteiger partial charge in [-0.05, 0) is 26.1 Å². The Balaban J connectivity index is 2.71. The summed E-state index contributed by atoms with van der Waals surface area (Å²) in [6.45, 7) is 2.46. The van der Waals surface area contributed by atoms with Gasteiger partial charge in [-0.2, -0.15) is 0 Å². The Morgan fingerprint density at radius 2 is 2.16 bits per heavy atom. The Bertz CT molecular complexity index is 435. The fourth-order valence-corrected chi connectivity index (χ4v) is 1.96. The second-order valence-electron chi connectivity index (χ2n) is 4.58. The fraction of sp³-hybridized carbons (Fsp3) is 0.500. The van der Waals surface area contributed by atoms with E-state index in [9.17, 15) is 4.79 Å². The molecule has 1 unspecified atom stereocenters. The van der Waals surface area contributed by atoms with E-state index in [0.29, 0.717) is 13.0 Å². The third-order valence-electron chi connectivity index (χ3n) is 2.95. The average Bonchev–Trinajstić information content (AvgIpc) is 2.37. The standard InChI is InChI=1S/C14H21BrN2O2/c1-10(16-2)12-6-5-11(15)9-13(12)19-8-7-14(18)17(3)4/h5-6,9-10,16H,7-8H2,1-4H3. The normalized spacial score (nSPS) is 12.1. The largest absolute Gasteiger partial charge is 0.493 e. The number of hydrogen-bond donors (Lipinski definition) is 1. The van der Waals surface area contributed by atoms with Gasteiger partial charge < -0.3 is 15.0 Å². The van der Waals surface area contributed by atoms with Crippen LogP contribution in [0.5, 0.6) is 5.75 Å². The van der Waals surface area contributed by atoms with Crippen LogP contribution in [0.4, 0.5) is 0 Å². The van der Waals surface area contributed by atoms with Crippen molar-refractivity contribution < 1.29 is 9.53 Å². The first-order valence-electron chi connectivity index (χ1n) is 6.25. The van der Waals surface area contributed by atoms with Crippen LogP contribution in [0, 0.1) is 0 Å². The number of halogens is 1. The first-order chi connectivity index (χ1) is 8.95. The summed E-state index contributed by atoms with van der Waals surface area (Å²) in [7, 11) is 5.40. The number of carbonyl (C=O) groups is 1. The molecular formula is C14H21BrN2O2. The van der Waals surface area contributed by atoms with Gasteiger partial charge in [0.15, 0.2) is 0 Å². The molecule has 0 aliphatic heterocycles. The van der Waals surface area contributed by atoms with Gasteiger partial charge in [-0.25, -0.2) is 0 Å². The van der Waals surface area contributed by atoms with Crippen LogP contribution in [0.25, 0.3) is 0 Å². The lowest BCUT2D eigenvalue weighted by Crippen LogP contribution is -2.23. The van der Waals surface area contributed by atoms with Crippen LogP contribution < -0.4 is 10.1 Å². The highest BCUT2D eigenvalue weighted by molar-refractivity contribution is 9.10. The molecule has 4 nitrogen and oxygen atoms in total. The van der Waals surface area contributed by atoms with Crippen LogP contribution in [-0.2, 0) is 4.79 Å². The monoisotopic (exact) mass is 328 g/mol. The molecule has 0 radical (unpaired) electrons. The molecule has 1 aromatic carbocycles. The summed E-state index contributed by atoms with van der Waals surface area (Å²) in [4.78, 5) is 13.1. The SMILES string of the molecule is CNC(C)c1ccc(Br)cc1OCCC(=O)N(C)C. The minimum atomic E-state index is 0.0678. The lowest BCUT2D eigenvalue weighted by Gasteiger charge is -2.17.